The normalized spacial score (nSPS) is 13.5. The van der Waals surface area contributed by atoms with Gasteiger partial charge >= 0.3 is 60.2 Å². The number of ether oxygens (including phenoxy) is 12. The predicted octanol–water partition coefficient (Wildman–Crippen LogP) is 18.5. The van der Waals surface area contributed by atoms with Crippen LogP contribution < -0.4 is 18.9 Å². The van der Waals surface area contributed by atoms with E-state index in [1.807, 2.05) is 0 Å². The minimum absolute atomic E-state index is 0.0820. The molecule has 2 aliphatic rings. The van der Waals surface area contributed by atoms with E-state index in [0.717, 1.165) is 133 Å². The lowest BCUT2D eigenvalue weighted by Crippen LogP contribution is -2.52. The average Bonchev–Trinajstić information content (AvgIpc) is 0.673. The van der Waals surface area contributed by atoms with Crippen molar-refractivity contribution >= 4 is 114 Å². The van der Waals surface area contributed by atoms with Crippen LogP contribution in [0.25, 0.3) is 43.1 Å². The van der Waals surface area contributed by atoms with Crippen molar-refractivity contribution in [3.63, 3.8) is 0 Å². The molecule has 11 rings (SSSR count). The molecule has 1 atom stereocenters. The number of carbonyl (C=O) groups is 12. The molecule has 0 spiro atoms. The SMILES string of the molecule is C=C(C(=O)c1cc(Oc2cc(C(=O)OC)cc(C(=O)OC)c2)c2c3c(Oc4cc(C(=O)OC)cc(C(=O)OC)c4)cc4c5c(cc(Oc6cc(C(=O)OC)cc(C(=O)OC)c6)c(c6c(Oc7cc(C(F)(F)F)cc(C(F)(F)F)c7)cc(C(C)=O)c1c62)c53)C(=O)N(C1CCN(C(=O)OC(C)(C)C)CC1)C4=O)C(CCC)CCCC(=O)OC(C)(C)C. The lowest BCUT2D eigenvalue weighted by Gasteiger charge is -2.39. The standard InChI is InChI=1S/C87H80F6N2O24/c1-16-18-43(19-17-20-65(97)118-84(4,5)6)41(2)74(98)58-38-62(114-53-28-44(77(101)108-10)25-45(29-53)78(102)109-11)69-71-64(116-55-32-48(81(105)112-14)27-49(33-55)82(106)113-15)40-60-67-59(75(99)95(76(60)100)52-21-23-94(24-22-52)83(107)119-85(7,8)9)39-63(115-54-30-46(79(103)110-12)26-47(31-54)80(104)111-13)70(73(67)71)68-61(37-57(42(3)96)66(58)72(68)69)117-56-35-50(86(88,89)90)34-51(36-56)87(91,92)93/h25-40,43,52H,2,16-24H2,1,3-15H3. The first-order valence-corrected chi connectivity index (χ1v) is 37.1. The maximum absolute atomic E-state index is 16.6. The zero-order chi connectivity index (χ0) is 87.1. The minimum atomic E-state index is -5.55. The first kappa shape index (κ1) is 86.7. The number of fused-ring (bicyclic) bond motifs is 2. The van der Waals surface area contributed by atoms with Crippen LogP contribution in [0, 0.1) is 5.92 Å². The number of hydrogen-bond donors (Lipinski definition) is 0. The summed E-state index contributed by atoms with van der Waals surface area (Å²) in [5, 5.41) is -3.86. The van der Waals surface area contributed by atoms with Gasteiger partial charge in [-0.05, 0) is 189 Å². The Labute approximate surface area is 675 Å². The van der Waals surface area contributed by atoms with E-state index in [1.165, 1.54) is 4.90 Å². The van der Waals surface area contributed by atoms with Crippen molar-refractivity contribution in [2.45, 2.75) is 130 Å². The van der Waals surface area contributed by atoms with Gasteiger partial charge in [-0.15, -0.1) is 0 Å². The van der Waals surface area contributed by atoms with Crippen molar-refractivity contribution in [3.8, 4) is 46.0 Å². The molecule has 0 saturated carbocycles. The Hall–Kier alpha value is -13.2. The molecule has 0 radical (unpaired) electrons. The van der Waals surface area contributed by atoms with E-state index in [1.54, 1.807) is 48.5 Å². The number of alkyl halides is 6. The second kappa shape index (κ2) is 33.8. The molecule has 1 fully saturated rings. The second-order valence-electron chi connectivity index (χ2n) is 30.1. The molecule has 0 aromatic heterocycles. The highest BCUT2D eigenvalue weighted by atomic mass is 19.4. The predicted molar refractivity (Wildman–Crippen MR) is 415 cm³/mol. The van der Waals surface area contributed by atoms with Gasteiger partial charge in [-0.1, -0.05) is 19.9 Å². The molecule has 2 aliphatic heterocycles. The van der Waals surface area contributed by atoms with Crippen LogP contribution in [0.1, 0.15) is 215 Å². The van der Waals surface area contributed by atoms with E-state index in [2.05, 4.69) is 6.58 Å². The Balaban J connectivity index is 1.42. The number of rotatable bonds is 25. The van der Waals surface area contributed by atoms with Crippen LogP contribution >= 0.6 is 0 Å². The van der Waals surface area contributed by atoms with Gasteiger partial charge in [-0.3, -0.25) is 28.9 Å². The van der Waals surface area contributed by atoms with Crippen molar-refractivity contribution in [2.24, 2.45) is 5.92 Å². The van der Waals surface area contributed by atoms with Crippen LogP contribution in [-0.4, -0.2) is 154 Å². The lowest BCUT2D eigenvalue weighted by molar-refractivity contribution is -0.155. The highest BCUT2D eigenvalue weighted by Crippen LogP contribution is 2.59. The van der Waals surface area contributed by atoms with Crippen molar-refractivity contribution in [1.29, 1.82) is 0 Å². The number of amides is 3. The molecule has 1 unspecified atom stereocenters. The first-order chi connectivity index (χ1) is 55.9. The molecule has 26 nitrogen and oxygen atoms in total. The number of benzene rings is 9. The van der Waals surface area contributed by atoms with Gasteiger partial charge in [-0.25, -0.2) is 33.6 Å². The summed E-state index contributed by atoms with van der Waals surface area (Å²) >= 11 is 0. The van der Waals surface area contributed by atoms with Gasteiger partial charge in [0.1, 0.15) is 57.2 Å². The molecule has 0 bridgehead atoms. The zero-order valence-corrected chi connectivity index (χ0v) is 66.9. The molecule has 0 N–H and O–H groups in total. The van der Waals surface area contributed by atoms with E-state index in [4.69, 9.17) is 56.8 Å². The second-order valence-corrected chi connectivity index (χ2v) is 30.1. The van der Waals surface area contributed by atoms with Gasteiger partial charge in [0, 0.05) is 79.8 Å². The highest BCUT2D eigenvalue weighted by Gasteiger charge is 2.45. The molecule has 32 heteroatoms. The molecule has 9 aromatic rings. The Bertz CT molecular complexity index is 5590. The van der Waals surface area contributed by atoms with Crippen molar-refractivity contribution in [3.05, 3.63) is 176 Å². The van der Waals surface area contributed by atoms with Crippen LogP contribution in [0.2, 0.25) is 0 Å². The fraction of sp³-hybridized carbons (Fsp3) is 0.333. The fourth-order valence-corrected chi connectivity index (χ4v) is 14.6. The Morgan fingerprint density at radius 1 is 0.437 bits per heavy atom. The summed E-state index contributed by atoms with van der Waals surface area (Å²) in [6.07, 6.45) is -11.4. The quantitative estimate of drug-likeness (QED) is 0.00750. The van der Waals surface area contributed by atoms with Crippen LogP contribution in [0.15, 0.2) is 109 Å². The number of allylic oxidation sites excluding steroid dienone is 1. The number of esters is 7. The molecule has 9 aromatic carbocycles. The van der Waals surface area contributed by atoms with E-state index in [-0.39, 0.29) is 91.9 Å². The molecule has 624 valence electrons. The number of imide groups is 1. The summed E-state index contributed by atoms with van der Waals surface area (Å²) in [6.45, 7) is 16.9. The van der Waals surface area contributed by atoms with Gasteiger partial charge in [-0.2, -0.15) is 26.3 Å². The Morgan fingerprint density at radius 2 is 0.782 bits per heavy atom. The largest absolute Gasteiger partial charge is 0.465 e. The van der Waals surface area contributed by atoms with Crippen LogP contribution in [0.4, 0.5) is 31.1 Å². The number of halogens is 6. The summed E-state index contributed by atoms with van der Waals surface area (Å²) in [5.74, 6) is -17.5. The summed E-state index contributed by atoms with van der Waals surface area (Å²) in [7, 11) is 6.05. The van der Waals surface area contributed by atoms with Gasteiger partial charge in [0.25, 0.3) is 11.8 Å². The number of methoxy groups -OCH3 is 6. The topological polar surface area (TPSA) is 322 Å². The Kier molecular flexibility index (Phi) is 24.6. The molecule has 119 heavy (non-hydrogen) atoms. The van der Waals surface area contributed by atoms with E-state index < -0.39 is 246 Å². The van der Waals surface area contributed by atoms with Gasteiger partial charge in [0.05, 0.1) is 98.3 Å². The summed E-state index contributed by atoms with van der Waals surface area (Å²) in [4.78, 5) is 177. The summed E-state index contributed by atoms with van der Waals surface area (Å²) < 4.78 is 161. The third-order valence-corrected chi connectivity index (χ3v) is 19.7. The maximum Gasteiger partial charge on any atom is 0.416 e. The number of carbonyl (C=O) groups excluding carboxylic acids is 12. The average molecular weight is 1650 g/mol. The van der Waals surface area contributed by atoms with E-state index in [9.17, 15) is 38.4 Å². The third kappa shape index (κ3) is 18.1. The number of likely N-dealkylation sites (tertiary alicyclic amines) is 1. The lowest BCUT2D eigenvalue weighted by atomic mass is 9.79. The smallest absolute Gasteiger partial charge is 0.416 e. The molecule has 1 saturated heterocycles. The molecular weight excluding hydrogens is 1570 g/mol. The van der Waals surface area contributed by atoms with Crippen LogP contribution in [-0.2, 0) is 55.0 Å². The maximum atomic E-state index is 16.6. The number of piperidine rings is 1. The number of ketones is 2. The molecule has 2 heterocycles. The van der Waals surface area contributed by atoms with Crippen LogP contribution in [0.5, 0.6) is 46.0 Å². The monoisotopic (exact) mass is 1650 g/mol. The highest BCUT2D eigenvalue weighted by molar-refractivity contribution is 6.44. The van der Waals surface area contributed by atoms with Crippen molar-refractivity contribution < 1.29 is 141 Å². The third-order valence-electron chi connectivity index (χ3n) is 19.7. The fourth-order valence-electron chi connectivity index (χ4n) is 14.6. The summed E-state index contributed by atoms with van der Waals surface area (Å²) in [6, 6.07) is 13.0. The van der Waals surface area contributed by atoms with E-state index >= 15 is 45.5 Å². The zero-order valence-electron chi connectivity index (χ0n) is 66.9. The number of Topliss-reactive ketones (excluding diaryl/α,β-unsaturated/α-hetero) is 2. The molecule has 0 aliphatic carbocycles. The van der Waals surface area contributed by atoms with Gasteiger partial charge < -0.3 is 61.7 Å². The van der Waals surface area contributed by atoms with Crippen molar-refractivity contribution in [1.82, 2.24) is 9.80 Å². The minimum Gasteiger partial charge on any atom is -0.465 e. The van der Waals surface area contributed by atoms with Gasteiger partial charge in [0.15, 0.2) is 11.6 Å². The van der Waals surface area contributed by atoms with E-state index in [0.29, 0.717) is 6.42 Å². The van der Waals surface area contributed by atoms with Gasteiger partial charge in [0.2, 0.25) is 0 Å². The summed E-state index contributed by atoms with van der Waals surface area (Å²) in [5.41, 5.74) is -10.3. The number of nitrogens with zero attached hydrogens (tertiary/aromatic N) is 2. The molecule has 3 amide bonds. The van der Waals surface area contributed by atoms with Crippen molar-refractivity contribution in [2.75, 3.05) is 55.7 Å². The number of hydrogen-bond acceptors (Lipinski definition) is 24. The Morgan fingerprint density at radius 3 is 1.12 bits per heavy atom. The molecular formula is C87H80F6N2O24. The van der Waals surface area contributed by atoms with Crippen LogP contribution in [0.3, 0.4) is 0 Å². The first-order valence-electron chi connectivity index (χ1n) is 37.1.